The van der Waals surface area contributed by atoms with Gasteiger partial charge in [-0.05, 0) is 27.2 Å². The van der Waals surface area contributed by atoms with E-state index in [1.54, 1.807) is 6.07 Å². The monoisotopic (exact) mass is 269 g/mol. The molecule has 0 saturated heterocycles. The molecule has 0 aromatic carbocycles. The van der Waals surface area contributed by atoms with E-state index in [1.165, 1.54) is 0 Å². The molecule has 0 bridgehead atoms. The van der Waals surface area contributed by atoms with Crippen LogP contribution in [0.4, 0.5) is 5.95 Å². The number of aliphatic hydroxyl groups is 2. The highest BCUT2D eigenvalue weighted by molar-refractivity contribution is 5.34. The van der Waals surface area contributed by atoms with Crippen molar-refractivity contribution in [2.24, 2.45) is 0 Å². The van der Waals surface area contributed by atoms with Gasteiger partial charge in [0.2, 0.25) is 11.8 Å². The van der Waals surface area contributed by atoms with Crippen LogP contribution in [-0.4, -0.2) is 45.0 Å². The molecule has 0 aliphatic carbocycles. The van der Waals surface area contributed by atoms with Gasteiger partial charge in [-0.1, -0.05) is 6.92 Å². The van der Waals surface area contributed by atoms with E-state index in [-0.39, 0.29) is 19.3 Å². The topological polar surface area (TPSA) is 87.5 Å². The minimum absolute atomic E-state index is 0.0220. The summed E-state index contributed by atoms with van der Waals surface area (Å²) in [4.78, 5) is 8.48. The maximum atomic E-state index is 9.41. The highest BCUT2D eigenvalue weighted by Gasteiger charge is 2.27. The van der Waals surface area contributed by atoms with Gasteiger partial charge in [-0.3, -0.25) is 0 Å². The van der Waals surface area contributed by atoms with Crippen molar-refractivity contribution in [3.63, 3.8) is 0 Å². The first kappa shape index (κ1) is 15.7. The van der Waals surface area contributed by atoms with Crippen molar-refractivity contribution in [2.45, 2.75) is 45.8 Å². The van der Waals surface area contributed by atoms with E-state index >= 15 is 0 Å². The molecule has 0 saturated carbocycles. The van der Waals surface area contributed by atoms with Crippen LogP contribution in [0, 0.1) is 6.92 Å². The molecule has 3 N–H and O–H groups in total. The quantitative estimate of drug-likeness (QED) is 0.687. The van der Waals surface area contributed by atoms with Crippen LogP contribution in [0.15, 0.2) is 6.07 Å². The van der Waals surface area contributed by atoms with Crippen LogP contribution in [0.5, 0.6) is 5.88 Å². The minimum atomic E-state index is -0.817. The summed E-state index contributed by atoms with van der Waals surface area (Å²) in [6.45, 7) is 7.16. The van der Waals surface area contributed by atoms with Crippen LogP contribution in [0.3, 0.4) is 0 Å². The minimum Gasteiger partial charge on any atom is -0.475 e. The summed E-state index contributed by atoms with van der Waals surface area (Å²) >= 11 is 0. The Hall–Kier alpha value is -1.40. The molecule has 0 spiro atoms. The molecule has 0 aliphatic heterocycles. The van der Waals surface area contributed by atoms with Crippen molar-refractivity contribution in [2.75, 3.05) is 18.5 Å². The summed E-state index contributed by atoms with van der Waals surface area (Å²) in [7, 11) is 0. The molecular formula is C13H23N3O3. The predicted octanol–water partition coefficient (Wildman–Crippen LogP) is 1.12. The van der Waals surface area contributed by atoms with E-state index in [9.17, 15) is 10.2 Å². The lowest BCUT2D eigenvalue weighted by Crippen LogP contribution is -2.45. The van der Waals surface area contributed by atoms with Gasteiger partial charge in [0.15, 0.2) is 0 Å². The second kappa shape index (κ2) is 6.68. The Bertz CT molecular complexity index is 398. The van der Waals surface area contributed by atoms with Crippen molar-refractivity contribution >= 4 is 5.95 Å². The van der Waals surface area contributed by atoms with Crippen LogP contribution in [-0.2, 0) is 0 Å². The van der Waals surface area contributed by atoms with Gasteiger partial charge >= 0.3 is 0 Å². The first-order valence-corrected chi connectivity index (χ1v) is 6.47. The normalized spacial score (nSPS) is 11.7. The highest BCUT2D eigenvalue weighted by atomic mass is 16.5. The third-order valence-electron chi connectivity index (χ3n) is 2.85. The smallest absolute Gasteiger partial charge is 0.226 e. The van der Waals surface area contributed by atoms with Crippen molar-refractivity contribution < 1.29 is 14.9 Å². The van der Waals surface area contributed by atoms with Crippen molar-refractivity contribution in [3.05, 3.63) is 11.8 Å². The Morgan fingerprint density at radius 1 is 1.32 bits per heavy atom. The number of anilines is 1. The lowest BCUT2D eigenvalue weighted by molar-refractivity contribution is 0.132. The second-order valence-corrected chi connectivity index (χ2v) is 4.91. The summed E-state index contributed by atoms with van der Waals surface area (Å²) in [6, 6.07) is 1.75. The Morgan fingerprint density at radius 3 is 2.42 bits per heavy atom. The summed E-state index contributed by atoms with van der Waals surface area (Å²) in [5.74, 6) is 0.825. The summed E-state index contributed by atoms with van der Waals surface area (Å²) < 4.78 is 5.53. The van der Waals surface area contributed by atoms with E-state index < -0.39 is 5.54 Å². The number of nitrogens with zero attached hydrogens (tertiary/aromatic N) is 2. The molecular weight excluding hydrogens is 246 g/mol. The summed E-state index contributed by atoms with van der Waals surface area (Å²) in [5.41, 5.74) is -0.0582. The van der Waals surface area contributed by atoms with Gasteiger partial charge < -0.3 is 20.3 Å². The predicted molar refractivity (Wildman–Crippen MR) is 73.3 cm³/mol. The number of aryl methyl sites for hydroxylation is 1. The van der Waals surface area contributed by atoms with Gasteiger partial charge in [0.05, 0.1) is 24.9 Å². The third kappa shape index (κ3) is 4.33. The number of aromatic nitrogens is 2. The Balaban J connectivity index is 2.97. The molecule has 6 heteroatoms. The van der Waals surface area contributed by atoms with E-state index in [4.69, 9.17) is 4.74 Å². The van der Waals surface area contributed by atoms with E-state index in [2.05, 4.69) is 15.3 Å². The molecule has 0 radical (unpaired) electrons. The van der Waals surface area contributed by atoms with Crippen molar-refractivity contribution in [3.8, 4) is 5.88 Å². The summed E-state index contributed by atoms with van der Waals surface area (Å²) in [6.07, 6.45) is 0.575. The molecule has 19 heavy (non-hydrogen) atoms. The molecule has 108 valence electrons. The first-order valence-electron chi connectivity index (χ1n) is 6.47. The summed E-state index contributed by atoms with van der Waals surface area (Å²) in [5, 5.41) is 21.8. The maximum Gasteiger partial charge on any atom is 0.226 e. The zero-order valence-electron chi connectivity index (χ0n) is 12.0. The maximum absolute atomic E-state index is 9.41. The average molecular weight is 269 g/mol. The molecule has 6 nitrogen and oxygen atoms in total. The lowest BCUT2D eigenvalue weighted by atomic mass is 9.99. The largest absolute Gasteiger partial charge is 0.475 e. The Morgan fingerprint density at radius 2 is 1.95 bits per heavy atom. The molecule has 0 atom stereocenters. The van der Waals surface area contributed by atoms with Crippen LogP contribution < -0.4 is 10.1 Å². The van der Waals surface area contributed by atoms with Crippen LogP contribution in [0.2, 0.25) is 0 Å². The van der Waals surface area contributed by atoms with Gasteiger partial charge in [0.1, 0.15) is 0 Å². The zero-order chi connectivity index (χ0) is 14.5. The SMILES string of the molecule is CCC(CO)(CO)Nc1nc(C)cc(OC(C)C)n1. The number of aliphatic hydroxyl groups excluding tert-OH is 2. The molecule has 1 heterocycles. The molecule has 1 aromatic rings. The van der Waals surface area contributed by atoms with Crippen LogP contribution in [0.25, 0.3) is 0 Å². The van der Waals surface area contributed by atoms with Crippen LogP contribution >= 0.6 is 0 Å². The molecule has 0 fully saturated rings. The molecule has 0 amide bonds. The van der Waals surface area contributed by atoms with Crippen molar-refractivity contribution in [1.82, 2.24) is 9.97 Å². The molecule has 0 aliphatic rings. The number of rotatable bonds is 7. The average Bonchev–Trinajstić information content (AvgIpc) is 2.34. The fraction of sp³-hybridized carbons (Fsp3) is 0.692. The van der Waals surface area contributed by atoms with Gasteiger partial charge in [-0.2, -0.15) is 4.98 Å². The lowest BCUT2D eigenvalue weighted by Gasteiger charge is -2.29. The van der Waals surface area contributed by atoms with E-state index in [1.807, 2.05) is 27.7 Å². The standard InChI is InChI=1S/C13H23N3O3/c1-5-13(7-17,8-18)16-12-14-10(4)6-11(15-12)19-9(2)3/h6,9,17-18H,5,7-8H2,1-4H3,(H,14,15,16). The molecule has 0 unspecified atom stereocenters. The number of nitrogens with one attached hydrogen (secondary N) is 1. The number of ether oxygens (including phenoxy) is 1. The third-order valence-corrected chi connectivity index (χ3v) is 2.85. The Kier molecular flexibility index (Phi) is 5.50. The fourth-order valence-corrected chi connectivity index (χ4v) is 1.58. The van der Waals surface area contributed by atoms with Gasteiger partial charge in [-0.25, -0.2) is 4.98 Å². The van der Waals surface area contributed by atoms with Crippen molar-refractivity contribution in [1.29, 1.82) is 0 Å². The van der Waals surface area contributed by atoms with Gasteiger partial charge in [0.25, 0.3) is 0 Å². The van der Waals surface area contributed by atoms with Crippen LogP contribution in [0.1, 0.15) is 32.9 Å². The first-order chi connectivity index (χ1) is 8.94. The molecule has 1 aromatic heterocycles. The van der Waals surface area contributed by atoms with Gasteiger partial charge in [0, 0.05) is 11.8 Å². The second-order valence-electron chi connectivity index (χ2n) is 4.91. The van der Waals surface area contributed by atoms with E-state index in [0.29, 0.717) is 18.2 Å². The Labute approximate surface area is 113 Å². The zero-order valence-corrected chi connectivity index (χ0v) is 12.0. The number of hydrogen-bond acceptors (Lipinski definition) is 6. The fourth-order valence-electron chi connectivity index (χ4n) is 1.58. The van der Waals surface area contributed by atoms with Gasteiger partial charge in [-0.15, -0.1) is 0 Å². The molecule has 1 rings (SSSR count). The number of hydrogen-bond donors (Lipinski definition) is 3. The highest BCUT2D eigenvalue weighted by Crippen LogP contribution is 2.19. The van der Waals surface area contributed by atoms with E-state index in [0.717, 1.165) is 5.69 Å².